The molecule has 0 aromatic heterocycles. The van der Waals surface area contributed by atoms with Gasteiger partial charge in [0.2, 0.25) is 0 Å². The maximum absolute atomic E-state index is 11.0. The van der Waals surface area contributed by atoms with Crippen LogP contribution in [0.4, 0.5) is 0 Å². The molecule has 1 unspecified atom stereocenters. The number of methoxy groups -OCH3 is 1. The Labute approximate surface area is 152 Å². The average molecular weight is 399 g/mol. The lowest BCUT2D eigenvalue weighted by molar-refractivity contribution is -0.139. The third kappa shape index (κ3) is 4.71. The van der Waals surface area contributed by atoms with Crippen molar-refractivity contribution in [2.24, 2.45) is 0 Å². The lowest BCUT2D eigenvalue weighted by Crippen LogP contribution is -2.47. The summed E-state index contributed by atoms with van der Waals surface area (Å²) < 4.78 is 6.33. The van der Waals surface area contributed by atoms with Crippen LogP contribution in [0.25, 0.3) is 0 Å². The highest BCUT2D eigenvalue weighted by Crippen LogP contribution is 2.32. The molecule has 1 heterocycles. The van der Waals surface area contributed by atoms with Gasteiger partial charge in [0.05, 0.1) is 13.7 Å². The normalized spacial score (nSPS) is 17.9. The van der Waals surface area contributed by atoms with Gasteiger partial charge in [0, 0.05) is 29.6 Å². The van der Waals surface area contributed by atoms with Crippen molar-refractivity contribution in [1.82, 2.24) is 9.80 Å². The first-order chi connectivity index (χ1) is 11.5. The quantitative estimate of drug-likeness (QED) is 0.762. The van der Waals surface area contributed by atoms with Crippen molar-refractivity contribution in [2.45, 2.75) is 38.8 Å². The van der Waals surface area contributed by atoms with Gasteiger partial charge in [-0.25, -0.2) is 0 Å². The number of carboxylic acid groups (broad SMARTS) is 1. The van der Waals surface area contributed by atoms with E-state index in [0.29, 0.717) is 12.1 Å². The minimum absolute atomic E-state index is 0.140. The monoisotopic (exact) mass is 398 g/mol. The summed E-state index contributed by atoms with van der Waals surface area (Å²) in [4.78, 5) is 15.5. The molecule has 1 aliphatic rings. The molecule has 1 aromatic carbocycles. The predicted octanol–water partition coefficient (Wildman–Crippen LogP) is 3.39. The van der Waals surface area contributed by atoms with Gasteiger partial charge in [0.25, 0.3) is 0 Å². The maximum atomic E-state index is 11.0. The van der Waals surface area contributed by atoms with E-state index in [4.69, 9.17) is 9.84 Å². The number of likely N-dealkylation sites (N-methyl/N-ethyl adjacent to an activating group) is 1. The van der Waals surface area contributed by atoms with E-state index in [0.717, 1.165) is 42.7 Å². The SMILES string of the molecule is CCN(CC(=O)O)C1CCN(C(C)c2ccc(OC)cc2Br)CC1. The molecule has 1 N–H and O–H groups in total. The first-order valence-corrected chi connectivity index (χ1v) is 9.28. The highest BCUT2D eigenvalue weighted by molar-refractivity contribution is 9.10. The van der Waals surface area contributed by atoms with E-state index < -0.39 is 5.97 Å². The van der Waals surface area contributed by atoms with E-state index in [2.05, 4.69) is 38.7 Å². The Balaban J connectivity index is 1.97. The van der Waals surface area contributed by atoms with Gasteiger partial charge in [-0.3, -0.25) is 14.6 Å². The summed E-state index contributed by atoms with van der Waals surface area (Å²) in [6, 6.07) is 6.80. The predicted molar refractivity (Wildman–Crippen MR) is 98.6 cm³/mol. The van der Waals surface area contributed by atoms with Gasteiger partial charge in [-0.15, -0.1) is 0 Å². The van der Waals surface area contributed by atoms with E-state index in [1.807, 2.05) is 19.1 Å². The zero-order chi connectivity index (χ0) is 17.7. The van der Waals surface area contributed by atoms with Crippen molar-refractivity contribution in [3.8, 4) is 5.75 Å². The Kier molecular flexibility index (Phi) is 7.07. The molecule has 6 heteroatoms. The molecule has 1 aliphatic heterocycles. The molecule has 1 fully saturated rings. The van der Waals surface area contributed by atoms with Gasteiger partial charge in [0.1, 0.15) is 5.75 Å². The zero-order valence-electron chi connectivity index (χ0n) is 14.7. The van der Waals surface area contributed by atoms with E-state index in [1.54, 1.807) is 7.11 Å². The first-order valence-electron chi connectivity index (χ1n) is 8.49. The van der Waals surface area contributed by atoms with Gasteiger partial charge in [0.15, 0.2) is 0 Å². The van der Waals surface area contributed by atoms with E-state index in [1.165, 1.54) is 5.56 Å². The average Bonchev–Trinajstić information content (AvgIpc) is 2.59. The second-order valence-electron chi connectivity index (χ2n) is 6.29. The number of rotatable bonds is 7. The standard InChI is InChI=1S/C18H27BrN2O3/c1-4-20(12-18(22)23)14-7-9-21(10-8-14)13(2)16-6-5-15(24-3)11-17(16)19/h5-6,11,13-14H,4,7-10,12H2,1-3H3,(H,22,23). The van der Waals surface area contributed by atoms with Crippen molar-refractivity contribution in [3.63, 3.8) is 0 Å². The molecule has 0 spiro atoms. The van der Waals surface area contributed by atoms with Crippen LogP contribution in [0.15, 0.2) is 22.7 Å². The van der Waals surface area contributed by atoms with Crippen LogP contribution in [0.2, 0.25) is 0 Å². The Bertz CT molecular complexity index is 559. The zero-order valence-corrected chi connectivity index (χ0v) is 16.3. The van der Waals surface area contributed by atoms with Crippen LogP contribution in [0, 0.1) is 0 Å². The molecule has 2 rings (SSSR count). The van der Waals surface area contributed by atoms with Crippen molar-refractivity contribution in [2.75, 3.05) is 33.3 Å². The Morgan fingerprint density at radius 3 is 2.62 bits per heavy atom. The molecule has 134 valence electrons. The van der Waals surface area contributed by atoms with Crippen LogP contribution in [0.1, 0.15) is 38.3 Å². The third-order valence-electron chi connectivity index (χ3n) is 4.97. The minimum atomic E-state index is -0.741. The molecule has 1 atom stereocenters. The van der Waals surface area contributed by atoms with Gasteiger partial charge in [-0.1, -0.05) is 28.9 Å². The topological polar surface area (TPSA) is 53.0 Å². The second-order valence-corrected chi connectivity index (χ2v) is 7.14. The number of carboxylic acids is 1. The molecule has 0 aliphatic carbocycles. The van der Waals surface area contributed by atoms with Gasteiger partial charge in [-0.05, 0) is 44.0 Å². The smallest absolute Gasteiger partial charge is 0.317 e. The van der Waals surface area contributed by atoms with Crippen LogP contribution in [-0.2, 0) is 4.79 Å². The molecule has 1 saturated heterocycles. The number of aliphatic carboxylic acids is 1. The third-order valence-corrected chi connectivity index (χ3v) is 5.65. The fourth-order valence-electron chi connectivity index (χ4n) is 3.48. The molecular formula is C18H27BrN2O3. The maximum Gasteiger partial charge on any atom is 0.317 e. The summed E-state index contributed by atoms with van der Waals surface area (Å²) in [6.07, 6.45) is 2.03. The number of hydrogen-bond donors (Lipinski definition) is 1. The van der Waals surface area contributed by atoms with Crippen molar-refractivity contribution >= 4 is 21.9 Å². The van der Waals surface area contributed by atoms with E-state index in [-0.39, 0.29) is 6.54 Å². The fourth-order valence-corrected chi connectivity index (χ4v) is 4.17. The number of piperidine rings is 1. The highest BCUT2D eigenvalue weighted by Gasteiger charge is 2.28. The van der Waals surface area contributed by atoms with Crippen molar-refractivity contribution in [1.29, 1.82) is 0 Å². The molecule has 0 amide bonds. The molecular weight excluding hydrogens is 372 g/mol. The summed E-state index contributed by atoms with van der Waals surface area (Å²) in [5.74, 6) is 0.110. The van der Waals surface area contributed by atoms with Crippen LogP contribution in [-0.4, -0.2) is 60.2 Å². The number of hydrogen-bond acceptors (Lipinski definition) is 4. The molecule has 24 heavy (non-hydrogen) atoms. The number of nitrogens with zero attached hydrogens (tertiary/aromatic N) is 2. The summed E-state index contributed by atoms with van der Waals surface area (Å²) in [7, 11) is 1.67. The second kappa shape index (κ2) is 8.83. The lowest BCUT2D eigenvalue weighted by atomic mass is 9.99. The van der Waals surface area contributed by atoms with Crippen molar-refractivity contribution in [3.05, 3.63) is 28.2 Å². The van der Waals surface area contributed by atoms with Crippen LogP contribution < -0.4 is 4.74 Å². The molecule has 1 aromatic rings. The Morgan fingerprint density at radius 2 is 2.12 bits per heavy atom. The van der Waals surface area contributed by atoms with Crippen LogP contribution >= 0.6 is 15.9 Å². The number of likely N-dealkylation sites (tertiary alicyclic amines) is 1. The lowest BCUT2D eigenvalue weighted by Gasteiger charge is -2.40. The number of halogens is 1. The Hall–Kier alpha value is -1.11. The van der Waals surface area contributed by atoms with E-state index in [9.17, 15) is 4.79 Å². The molecule has 5 nitrogen and oxygen atoms in total. The first kappa shape index (κ1) is 19.2. The van der Waals surface area contributed by atoms with Crippen LogP contribution in [0.3, 0.4) is 0 Å². The Morgan fingerprint density at radius 1 is 1.46 bits per heavy atom. The van der Waals surface area contributed by atoms with Gasteiger partial charge in [-0.2, -0.15) is 0 Å². The largest absolute Gasteiger partial charge is 0.497 e. The summed E-state index contributed by atoms with van der Waals surface area (Å²) >= 11 is 3.65. The summed E-state index contributed by atoms with van der Waals surface area (Å²) in [5, 5.41) is 9.04. The van der Waals surface area contributed by atoms with Crippen LogP contribution in [0.5, 0.6) is 5.75 Å². The number of ether oxygens (including phenoxy) is 1. The summed E-state index contributed by atoms with van der Waals surface area (Å²) in [6.45, 7) is 7.16. The van der Waals surface area contributed by atoms with Gasteiger partial charge < -0.3 is 9.84 Å². The van der Waals surface area contributed by atoms with Gasteiger partial charge >= 0.3 is 5.97 Å². The number of carbonyl (C=O) groups is 1. The minimum Gasteiger partial charge on any atom is -0.497 e. The van der Waals surface area contributed by atoms with Crippen molar-refractivity contribution < 1.29 is 14.6 Å². The number of benzene rings is 1. The molecule has 0 bridgehead atoms. The molecule has 0 saturated carbocycles. The summed E-state index contributed by atoms with van der Waals surface area (Å²) in [5.41, 5.74) is 1.26. The van der Waals surface area contributed by atoms with E-state index >= 15 is 0 Å². The fraction of sp³-hybridized carbons (Fsp3) is 0.611. The molecule has 0 radical (unpaired) electrons. The highest BCUT2D eigenvalue weighted by atomic mass is 79.9.